The molecule has 3 aliphatic rings. The summed E-state index contributed by atoms with van der Waals surface area (Å²) >= 11 is 0. The highest BCUT2D eigenvalue weighted by molar-refractivity contribution is 5.99. The molecule has 0 spiro atoms. The largest absolute Gasteiger partial charge is 0.507 e. The van der Waals surface area contributed by atoms with Gasteiger partial charge < -0.3 is 19.1 Å². The quantitative estimate of drug-likeness (QED) is 0.308. The molecule has 41 heavy (non-hydrogen) atoms. The second-order valence-electron chi connectivity index (χ2n) is 11.3. The number of rotatable bonds is 1. The first-order valence-corrected chi connectivity index (χ1v) is 14.5. The molecular weight excluding hydrogens is 522 g/mol. The lowest BCUT2D eigenvalue weighted by Crippen LogP contribution is -2.32. The summed E-state index contributed by atoms with van der Waals surface area (Å²) in [5.41, 5.74) is 2.77. The molecule has 8 nitrogen and oxygen atoms in total. The SMILES string of the molecule is C[C@@H]1CCCC(=O)CCCC=Cc2cc3c(c(O)c2C(=O)O1)[C@H](c1cc2cccc4c2n(c1=O)CCC4)CC(=O)O3. The first-order chi connectivity index (χ1) is 19.8. The number of allylic oxidation sites excluding steroid dienone is 1. The first kappa shape index (κ1) is 27.0. The summed E-state index contributed by atoms with van der Waals surface area (Å²) in [5.74, 6) is -2.05. The van der Waals surface area contributed by atoms with Crippen LogP contribution in [0.3, 0.4) is 0 Å². The van der Waals surface area contributed by atoms with Gasteiger partial charge >= 0.3 is 11.9 Å². The number of hydrogen-bond acceptors (Lipinski definition) is 7. The summed E-state index contributed by atoms with van der Waals surface area (Å²) in [6.45, 7) is 2.33. The van der Waals surface area contributed by atoms with Crippen LogP contribution in [0.2, 0.25) is 0 Å². The fraction of sp³-hybridized carbons (Fsp3) is 0.394. The Hall–Kier alpha value is -4.20. The highest BCUT2D eigenvalue weighted by Gasteiger charge is 2.37. The van der Waals surface area contributed by atoms with Crippen molar-refractivity contribution in [1.82, 2.24) is 4.57 Å². The smallest absolute Gasteiger partial charge is 0.342 e. The molecule has 3 aromatic rings. The minimum atomic E-state index is -0.795. The number of pyridine rings is 1. The fourth-order valence-electron chi connectivity index (χ4n) is 6.42. The van der Waals surface area contributed by atoms with Crippen LogP contribution in [0.15, 0.2) is 41.2 Å². The molecule has 8 heteroatoms. The molecule has 6 rings (SSSR count). The van der Waals surface area contributed by atoms with Gasteiger partial charge in [-0.05, 0) is 74.1 Å². The zero-order valence-electron chi connectivity index (χ0n) is 23.1. The number of ketones is 1. The van der Waals surface area contributed by atoms with Crippen LogP contribution in [0.1, 0.15) is 96.8 Å². The minimum Gasteiger partial charge on any atom is -0.507 e. The van der Waals surface area contributed by atoms with E-state index < -0.39 is 24.0 Å². The first-order valence-electron chi connectivity index (χ1n) is 14.5. The number of aromatic hydroxyl groups is 1. The van der Waals surface area contributed by atoms with E-state index in [1.165, 1.54) is 0 Å². The Morgan fingerprint density at radius 3 is 2.68 bits per heavy atom. The second kappa shape index (κ2) is 11.0. The summed E-state index contributed by atoms with van der Waals surface area (Å²) in [6, 6.07) is 9.32. The second-order valence-corrected chi connectivity index (χ2v) is 11.3. The molecule has 0 amide bonds. The van der Waals surface area contributed by atoms with Crippen LogP contribution < -0.4 is 10.3 Å². The zero-order chi connectivity index (χ0) is 28.7. The monoisotopic (exact) mass is 555 g/mol. The van der Waals surface area contributed by atoms with Gasteiger partial charge in [-0.15, -0.1) is 0 Å². The van der Waals surface area contributed by atoms with Gasteiger partial charge in [0.05, 0.1) is 18.0 Å². The summed E-state index contributed by atoms with van der Waals surface area (Å²) < 4.78 is 13.1. The number of para-hydroxylation sites is 1. The molecule has 0 saturated heterocycles. The molecule has 0 radical (unpaired) electrons. The summed E-state index contributed by atoms with van der Waals surface area (Å²) in [5, 5.41) is 12.6. The van der Waals surface area contributed by atoms with Crippen molar-refractivity contribution < 1.29 is 29.0 Å². The predicted molar refractivity (Wildman–Crippen MR) is 153 cm³/mol. The number of cyclic esters (lactones) is 1. The number of nitrogens with zero attached hydrogens (tertiary/aromatic N) is 1. The van der Waals surface area contributed by atoms with Crippen molar-refractivity contribution in [3.63, 3.8) is 0 Å². The Bertz CT molecular complexity index is 1660. The van der Waals surface area contributed by atoms with Gasteiger partial charge in [-0.25, -0.2) is 4.79 Å². The van der Waals surface area contributed by atoms with Crippen LogP contribution in [-0.4, -0.2) is 33.5 Å². The van der Waals surface area contributed by atoms with Gasteiger partial charge in [0.1, 0.15) is 22.8 Å². The van der Waals surface area contributed by atoms with Crippen molar-refractivity contribution in [3.05, 3.63) is 74.6 Å². The molecule has 1 N–H and O–H groups in total. The maximum Gasteiger partial charge on any atom is 0.342 e. The number of esters is 2. The highest BCUT2D eigenvalue weighted by atomic mass is 16.5. The van der Waals surface area contributed by atoms with E-state index in [0.717, 1.165) is 29.3 Å². The Morgan fingerprint density at radius 1 is 1.00 bits per heavy atom. The van der Waals surface area contributed by atoms with Crippen LogP contribution in [-0.2, 0) is 27.3 Å². The van der Waals surface area contributed by atoms with E-state index in [0.29, 0.717) is 56.2 Å². The number of Topliss-reactive ketones (excluding diaryl/α,β-unsaturated/α-hetero) is 1. The number of hydrogen-bond donors (Lipinski definition) is 1. The van der Waals surface area contributed by atoms with Gasteiger partial charge in [0, 0.05) is 36.4 Å². The Kier molecular flexibility index (Phi) is 7.24. The molecule has 2 atom stereocenters. The van der Waals surface area contributed by atoms with E-state index in [1.807, 2.05) is 30.3 Å². The number of ether oxygens (including phenoxy) is 2. The zero-order valence-corrected chi connectivity index (χ0v) is 23.1. The normalized spacial score (nSPS) is 21.4. The summed E-state index contributed by atoms with van der Waals surface area (Å²) in [4.78, 5) is 52.3. The highest BCUT2D eigenvalue weighted by Crippen LogP contribution is 2.47. The van der Waals surface area contributed by atoms with Gasteiger partial charge in [0.15, 0.2) is 0 Å². The van der Waals surface area contributed by atoms with Gasteiger partial charge in [-0.1, -0.05) is 30.4 Å². The van der Waals surface area contributed by atoms with E-state index in [1.54, 1.807) is 23.6 Å². The van der Waals surface area contributed by atoms with Crippen LogP contribution >= 0.6 is 0 Å². The van der Waals surface area contributed by atoms with Crippen molar-refractivity contribution in [2.45, 2.75) is 83.3 Å². The Balaban J connectivity index is 1.50. The van der Waals surface area contributed by atoms with Gasteiger partial charge in [0.25, 0.3) is 5.56 Å². The van der Waals surface area contributed by atoms with Crippen molar-refractivity contribution in [2.24, 2.45) is 0 Å². The third-order valence-corrected chi connectivity index (χ3v) is 8.41. The van der Waals surface area contributed by atoms with Crippen LogP contribution in [0.5, 0.6) is 11.5 Å². The van der Waals surface area contributed by atoms with Crippen molar-refractivity contribution in [1.29, 1.82) is 0 Å². The van der Waals surface area contributed by atoms with Crippen molar-refractivity contribution in [2.75, 3.05) is 0 Å². The molecule has 0 fully saturated rings. The predicted octanol–water partition coefficient (Wildman–Crippen LogP) is 5.58. The number of carbonyl (C=O) groups excluding carboxylic acids is 3. The topological polar surface area (TPSA) is 112 Å². The summed E-state index contributed by atoms with van der Waals surface area (Å²) in [7, 11) is 0. The molecule has 4 heterocycles. The standard InChI is InChI=1S/C33H33NO7/c1-19-8-5-14-23(35)13-4-2-3-9-21-17-26-29(31(37)28(21)33(39)40-19)24(18-27(36)41-26)25-16-22-11-6-10-20-12-7-15-34(30(20)22)32(25)38/h3,6,9-11,16-17,19,24,37H,2,4-5,7-8,12-15,18H2,1H3/t19-,24+/m1/s1. The average molecular weight is 556 g/mol. The number of phenols is 1. The number of phenolic OH excluding ortho intramolecular Hbond substituents is 1. The van der Waals surface area contributed by atoms with Gasteiger partial charge in [0.2, 0.25) is 0 Å². The molecule has 3 aliphatic heterocycles. The van der Waals surface area contributed by atoms with Crippen LogP contribution in [0.25, 0.3) is 17.0 Å². The number of fused-ring (bicyclic) bond motifs is 2. The van der Waals surface area contributed by atoms with E-state index in [-0.39, 0.29) is 40.4 Å². The maximum absolute atomic E-state index is 13.9. The number of aromatic nitrogens is 1. The number of aryl methyl sites for hydroxylation is 2. The van der Waals surface area contributed by atoms with E-state index in [9.17, 15) is 24.3 Å². The lowest BCUT2D eigenvalue weighted by Gasteiger charge is -2.28. The molecule has 212 valence electrons. The van der Waals surface area contributed by atoms with Crippen LogP contribution in [0, 0.1) is 0 Å². The molecule has 0 aliphatic carbocycles. The summed E-state index contributed by atoms with van der Waals surface area (Å²) in [6.07, 6.45) is 7.97. The molecule has 0 saturated carbocycles. The third-order valence-electron chi connectivity index (χ3n) is 8.41. The van der Waals surface area contributed by atoms with Gasteiger partial charge in [-0.3, -0.25) is 14.4 Å². The molecule has 0 bridgehead atoms. The van der Waals surface area contributed by atoms with E-state index in [2.05, 4.69) is 0 Å². The molecule has 2 aromatic carbocycles. The van der Waals surface area contributed by atoms with E-state index in [4.69, 9.17) is 9.47 Å². The molecule has 1 aromatic heterocycles. The van der Waals surface area contributed by atoms with Crippen molar-refractivity contribution in [3.8, 4) is 11.5 Å². The Labute approximate surface area is 237 Å². The third kappa shape index (κ3) is 5.07. The lowest BCUT2D eigenvalue weighted by molar-refractivity contribution is -0.135. The maximum atomic E-state index is 13.9. The lowest BCUT2D eigenvalue weighted by atomic mass is 9.83. The fourth-order valence-corrected chi connectivity index (χ4v) is 6.42. The molecular formula is C33H33NO7. The molecule has 0 unspecified atom stereocenters. The average Bonchev–Trinajstić information content (AvgIpc) is 2.93. The number of carbonyl (C=O) groups is 3. The van der Waals surface area contributed by atoms with Gasteiger partial charge in [-0.2, -0.15) is 0 Å². The Morgan fingerprint density at radius 2 is 1.83 bits per heavy atom. The van der Waals surface area contributed by atoms with Crippen LogP contribution in [0.4, 0.5) is 0 Å². The van der Waals surface area contributed by atoms with E-state index >= 15 is 0 Å². The van der Waals surface area contributed by atoms with Crippen molar-refractivity contribution >= 4 is 34.7 Å². The number of benzene rings is 2. The minimum absolute atomic E-state index is 0.0209.